The van der Waals surface area contributed by atoms with Crippen LogP contribution in [0.15, 0.2) is 24.4 Å². The summed E-state index contributed by atoms with van der Waals surface area (Å²) in [7, 11) is -3.17. The highest BCUT2D eigenvalue weighted by Gasteiger charge is 2.26. The van der Waals surface area contributed by atoms with Gasteiger partial charge in [0.25, 0.3) is 0 Å². The number of nitrogens with one attached hydrogen (secondary N) is 1. The van der Waals surface area contributed by atoms with E-state index >= 15 is 0 Å². The van der Waals surface area contributed by atoms with Crippen molar-refractivity contribution in [1.82, 2.24) is 9.29 Å². The molecule has 1 fully saturated rings. The summed E-state index contributed by atoms with van der Waals surface area (Å²) < 4.78 is 38.1. The number of ketones is 1. The fourth-order valence-electron chi connectivity index (χ4n) is 3.40. The first kappa shape index (κ1) is 17.1. The summed E-state index contributed by atoms with van der Waals surface area (Å²) in [5, 5.41) is 0.737. The van der Waals surface area contributed by atoms with Crippen molar-refractivity contribution in [2.24, 2.45) is 5.92 Å². The molecule has 1 aromatic carbocycles. The zero-order valence-electron chi connectivity index (χ0n) is 13.6. The van der Waals surface area contributed by atoms with Gasteiger partial charge in [-0.05, 0) is 43.9 Å². The van der Waals surface area contributed by atoms with Crippen LogP contribution in [0.4, 0.5) is 4.39 Å². The van der Waals surface area contributed by atoms with E-state index in [-0.39, 0.29) is 17.5 Å². The molecule has 2 heterocycles. The molecular weight excluding hydrogens is 331 g/mol. The lowest BCUT2D eigenvalue weighted by atomic mass is 9.88. The van der Waals surface area contributed by atoms with Crippen LogP contribution >= 0.6 is 0 Å². The maximum absolute atomic E-state index is 13.3. The van der Waals surface area contributed by atoms with Crippen LogP contribution in [0.25, 0.3) is 10.9 Å². The first-order valence-electron chi connectivity index (χ1n) is 8.12. The Bertz CT molecular complexity index is 850. The quantitative estimate of drug-likeness (QED) is 0.864. The third-order valence-corrected chi connectivity index (χ3v) is 5.97. The van der Waals surface area contributed by atoms with Crippen molar-refractivity contribution >= 4 is 26.7 Å². The van der Waals surface area contributed by atoms with Gasteiger partial charge in [-0.1, -0.05) is 0 Å². The number of benzene rings is 1. The zero-order chi connectivity index (χ0) is 17.3. The van der Waals surface area contributed by atoms with E-state index in [9.17, 15) is 17.6 Å². The molecule has 1 saturated heterocycles. The Labute approximate surface area is 140 Å². The lowest BCUT2D eigenvalue weighted by Crippen LogP contribution is -2.34. The van der Waals surface area contributed by atoms with Gasteiger partial charge in [-0.25, -0.2) is 17.1 Å². The van der Waals surface area contributed by atoms with Gasteiger partial charge in [0.1, 0.15) is 5.82 Å². The van der Waals surface area contributed by atoms with Crippen LogP contribution in [-0.4, -0.2) is 42.8 Å². The summed E-state index contributed by atoms with van der Waals surface area (Å²) in [5.74, 6) is -0.397. The Morgan fingerprint density at radius 2 is 1.92 bits per heavy atom. The first-order valence-corrected chi connectivity index (χ1v) is 9.97. The minimum atomic E-state index is -3.17. The van der Waals surface area contributed by atoms with Crippen LogP contribution in [0.2, 0.25) is 0 Å². The average molecular weight is 352 g/mol. The maximum atomic E-state index is 13.3. The van der Waals surface area contributed by atoms with Gasteiger partial charge in [0, 0.05) is 41.7 Å². The maximum Gasteiger partial charge on any atom is 0.211 e. The van der Waals surface area contributed by atoms with Gasteiger partial charge < -0.3 is 4.98 Å². The lowest BCUT2D eigenvalue weighted by molar-refractivity contribution is 0.0897. The number of carbonyl (C=O) groups is 1. The van der Waals surface area contributed by atoms with Gasteiger partial charge in [-0.2, -0.15) is 0 Å². The fraction of sp³-hybridized carbons (Fsp3) is 0.471. The fourth-order valence-corrected chi connectivity index (χ4v) is 4.32. The molecule has 0 aliphatic carbocycles. The molecule has 24 heavy (non-hydrogen) atoms. The van der Waals surface area contributed by atoms with Gasteiger partial charge in [-0.15, -0.1) is 0 Å². The van der Waals surface area contributed by atoms with E-state index in [4.69, 9.17) is 0 Å². The third kappa shape index (κ3) is 3.52. The molecule has 0 radical (unpaired) electrons. The van der Waals surface area contributed by atoms with E-state index in [2.05, 4.69) is 4.98 Å². The van der Waals surface area contributed by atoms with Crippen LogP contribution in [0.1, 0.15) is 36.0 Å². The molecule has 0 unspecified atom stereocenters. The van der Waals surface area contributed by atoms with E-state index in [1.165, 1.54) is 22.7 Å². The van der Waals surface area contributed by atoms with Crippen molar-refractivity contribution < 1.29 is 17.6 Å². The number of Topliss-reactive ketones (excluding diaryl/α,β-unsaturated/α-hetero) is 1. The third-order valence-electron chi connectivity index (χ3n) is 4.67. The topological polar surface area (TPSA) is 70.2 Å². The van der Waals surface area contributed by atoms with Gasteiger partial charge in [0.2, 0.25) is 10.0 Å². The van der Waals surface area contributed by atoms with Crippen LogP contribution in [0.3, 0.4) is 0 Å². The van der Waals surface area contributed by atoms with Gasteiger partial charge in [-0.3, -0.25) is 4.79 Å². The number of sulfonamides is 1. The number of halogens is 1. The SMILES string of the molecule is CS(=O)(=O)N1CCCC(C(=O)c2c[nH]c3cc(F)ccc23)CCC1. The molecule has 0 saturated carbocycles. The number of rotatable bonds is 3. The molecule has 5 nitrogen and oxygen atoms in total. The molecule has 1 aliphatic heterocycles. The summed E-state index contributed by atoms with van der Waals surface area (Å²) in [5.41, 5.74) is 1.21. The van der Waals surface area contributed by atoms with Crippen molar-refractivity contribution in [2.45, 2.75) is 25.7 Å². The molecule has 1 N–H and O–H groups in total. The number of H-pyrrole nitrogens is 1. The van der Waals surface area contributed by atoms with E-state index in [1.54, 1.807) is 12.3 Å². The number of hydrogen-bond donors (Lipinski definition) is 1. The standard InChI is InChI=1S/C17H21FN2O3S/c1-24(22,23)20-8-2-4-12(5-3-9-20)17(21)15-11-19-16-10-13(18)6-7-14(15)16/h6-7,10-12,19H,2-5,8-9H2,1H3. The average Bonchev–Trinajstić information content (AvgIpc) is 2.87. The normalized spacial score (nSPS) is 18.4. The largest absolute Gasteiger partial charge is 0.360 e. The molecule has 0 atom stereocenters. The molecule has 0 spiro atoms. The second kappa shape index (κ2) is 6.64. The van der Waals surface area contributed by atoms with Gasteiger partial charge in [0.05, 0.1) is 6.26 Å². The number of carbonyl (C=O) groups excluding carboxylic acids is 1. The molecule has 7 heteroatoms. The highest BCUT2D eigenvalue weighted by atomic mass is 32.2. The number of aromatic nitrogens is 1. The highest BCUT2D eigenvalue weighted by Crippen LogP contribution is 2.27. The van der Waals surface area contributed by atoms with E-state index in [0.717, 1.165) is 5.39 Å². The summed E-state index contributed by atoms with van der Waals surface area (Å²) >= 11 is 0. The highest BCUT2D eigenvalue weighted by molar-refractivity contribution is 7.88. The molecular formula is C17H21FN2O3S. The second-order valence-electron chi connectivity index (χ2n) is 6.40. The Morgan fingerprint density at radius 1 is 1.25 bits per heavy atom. The van der Waals surface area contributed by atoms with Crippen molar-refractivity contribution in [3.8, 4) is 0 Å². The number of nitrogens with zero attached hydrogens (tertiary/aromatic N) is 1. The van der Waals surface area contributed by atoms with Gasteiger partial charge >= 0.3 is 0 Å². The summed E-state index contributed by atoms with van der Waals surface area (Å²) in [6.07, 6.45) is 5.54. The van der Waals surface area contributed by atoms with Crippen LogP contribution in [-0.2, 0) is 10.0 Å². The predicted octanol–water partition coefficient (Wildman–Crippen LogP) is 2.94. The smallest absolute Gasteiger partial charge is 0.211 e. The summed E-state index contributed by atoms with van der Waals surface area (Å²) in [4.78, 5) is 15.8. The molecule has 3 rings (SSSR count). The number of aromatic amines is 1. The Hall–Kier alpha value is -1.73. The summed E-state index contributed by atoms with van der Waals surface area (Å²) in [6.45, 7) is 0.920. The Kier molecular flexibility index (Phi) is 4.73. The van der Waals surface area contributed by atoms with Crippen LogP contribution in [0, 0.1) is 11.7 Å². The van der Waals surface area contributed by atoms with E-state index < -0.39 is 10.0 Å². The number of hydrogen-bond acceptors (Lipinski definition) is 3. The minimum absolute atomic E-state index is 0.0562. The predicted molar refractivity (Wildman–Crippen MR) is 91.0 cm³/mol. The first-order chi connectivity index (χ1) is 11.4. The zero-order valence-corrected chi connectivity index (χ0v) is 14.4. The molecule has 130 valence electrons. The molecule has 0 amide bonds. The lowest BCUT2D eigenvalue weighted by Gasteiger charge is -2.25. The Balaban J connectivity index is 1.75. The second-order valence-corrected chi connectivity index (χ2v) is 8.38. The molecule has 2 aromatic rings. The Morgan fingerprint density at radius 3 is 2.54 bits per heavy atom. The van der Waals surface area contributed by atoms with Crippen LogP contribution in [0.5, 0.6) is 0 Å². The van der Waals surface area contributed by atoms with E-state index in [1.807, 2.05) is 0 Å². The van der Waals surface area contributed by atoms with Crippen molar-refractivity contribution in [2.75, 3.05) is 19.3 Å². The molecule has 0 bridgehead atoms. The monoisotopic (exact) mass is 352 g/mol. The summed E-state index contributed by atoms with van der Waals surface area (Å²) in [6, 6.07) is 4.37. The van der Waals surface area contributed by atoms with Crippen molar-refractivity contribution in [3.05, 3.63) is 35.8 Å². The van der Waals surface area contributed by atoms with Crippen LogP contribution < -0.4 is 0 Å². The molecule has 1 aromatic heterocycles. The minimum Gasteiger partial charge on any atom is -0.360 e. The number of fused-ring (bicyclic) bond motifs is 1. The van der Waals surface area contributed by atoms with Gasteiger partial charge in [0.15, 0.2) is 5.78 Å². The van der Waals surface area contributed by atoms with Crippen molar-refractivity contribution in [1.29, 1.82) is 0 Å². The van der Waals surface area contributed by atoms with E-state index in [0.29, 0.717) is 49.9 Å². The van der Waals surface area contributed by atoms with Crippen molar-refractivity contribution in [3.63, 3.8) is 0 Å². The molecule has 1 aliphatic rings.